The summed E-state index contributed by atoms with van der Waals surface area (Å²) in [7, 11) is 1.68. The van der Waals surface area contributed by atoms with Crippen LogP contribution in [0.5, 0.6) is 11.5 Å². The predicted molar refractivity (Wildman–Crippen MR) is 137 cm³/mol. The molecule has 4 rings (SSSR count). The van der Waals surface area contributed by atoms with Crippen molar-refractivity contribution in [3.05, 3.63) is 81.8 Å². The van der Waals surface area contributed by atoms with Crippen LogP contribution in [0.25, 0.3) is 0 Å². The summed E-state index contributed by atoms with van der Waals surface area (Å²) in [4.78, 5) is 17.2. The number of ether oxygens (including phenoxy) is 2. The van der Waals surface area contributed by atoms with Crippen molar-refractivity contribution in [1.82, 2.24) is 9.80 Å². The van der Waals surface area contributed by atoms with E-state index in [0.29, 0.717) is 24.6 Å². The molecule has 1 amide bonds. The molecule has 2 heterocycles. The Balaban J connectivity index is 1.31. The minimum atomic E-state index is -0.0810. The summed E-state index contributed by atoms with van der Waals surface area (Å²) in [6.07, 6.45) is 0. The van der Waals surface area contributed by atoms with Crippen LogP contribution in [0.1, 0.15) is 52.8 Å². The first-order valence-corrected chi connectivity index (χ1v) is 12.4. The number of carbonyl (C=O) groups excluding carboxylic acids is 1. The molecule has 0 atom stereocenters. The number of hydrogen-bond donors (Lipinski definition) is 0. The largest absolute Gasteiger partial charge is 0.497 e. The van der Waals surface area contributed by atoms with Gasteiger partial charge in [0, 0.05) is 37.7 Å². The topological polar surface area (TPSA) is 55.2 Å². The summed E-state index contributed by atoms with van der Waals surface area (Å²) in [5, 5.41) is 0.732. The molecule has 0 spiro atoms. The van der Waals surface area contributed by atoms with Crippen LogP contribution in [0.15, 0.2) is 52.9 Å². The molecule has 6 nitrogen and oxygen atoms in total. The van der Waals surface area contributed by atoms with Crippen molar-refractivity contribution in [3.63, 3.8) is 0 Å². The third kappa shape index (κ3) is 6.19. The fourth-order valence-electron chi connectivity index (χ4n) is 4.26. The van der Waals surface area contributed by atoms with Gasteiger partial charge in [-0.05, 0) is 65.9 Å². The van der Waals surface area contributed by atoms with E-state index in [1.165, 1.54) is 5.56 Å². The van der Waals surface area contributed by atoms with Gasteiger partial charge in [-0.15, -0.1) is 0 Å². The monoisotopic (exact) mass is 496 g/mol. The van der Waals surface area contributed by atoms with Gasteiger partial charge in [0.25, 0.3) is 5.91 Å². The van der Waals surface area contributed by atoms with Crippen LogP contribution in [0, 0.1) is 6.92 Å². The number of rotatable bonds is 8. The average Bonchev–Trinajstić information content (AvgIpc) is 3.33. The first-order chi connectivity index (χ1) is 16.8. The number of aryl methyl sites for hydroxylation is 1. The van der Waals surface area contributed by atoms with Crippen molar-refractivity contribution >= 4 is 17.5 Å². The quantitative estimate of drug-likeness (QED) is 0.388. The van der Waals surface area contributed by atoms with Crippen molar-refractivity contribution in [3.8, 4) is 11.5 Å². The molecule has 1 saturated heterocycles. The van der Waals surface area contributed by atoms with Crippen molar-refractivity contribution < 1.29 is 18.7 Å². The second-order valence-corrected chi connectivity index (χ2v) is 9.68. The second kappa shape index (κ2) is 11.2. The number of carbonyl (C=O) groups is 1. The van der Waals surface area contributed by atoms with Crippen LogP contribution in [0.4, 0.5) is 0 Å². The normalized spacial score (nSPS) is 14.4. The Kier molecular flexibility index (Phi) is 8.04. The number of benzene rings is 2. The highest BCUT2D eigenvalue weighted by Crippen LogP contribution is 2.32. The Labute approximate surface area is 212 Å². The van der Waals surface area contributed by atoms with Gasteiger partial charge in [0.05, 0.1) is 7.11 Å². The number of halogens is 1. The molecule has 7 heteroatoms. The fourth-order valence-corrected chi connectivity index (χ4v) is 4.43. The molecule has 2 aromatic carbocycles. The van der Waals surface area contributed by atoms with Crippen LogP contribution in [0.3, 0.4) is 0 Å². The lowest BCUT2D eigenvalue weighted by Crippen LogP contribution is -2.48. The van der Waals surface area contributed by atoms with Crippen molar-refractivity contribution in [1.29, 1.82) is 0 Å². The molecule has 1 fully saturated rings. The molecule has 0 aliphatic carbocycles. The summed E-state index contributed by atoms with van der Waals surface area (Å²) in [6.45, 7) is 10.2. The van der Waals surface area contributed by atoms with E-state index < -0.39 is 0 Å². The van der Waals surface area contributed by atoms with Crippen molar-refractivity contribution in [2.24, 2.45) is 0 Å². The molecule has 0 saturated carbocycles. The lowest BCUT2D eigenvalue weighted by molar-refractivity contribution is 0.0594. The van der Waals surface area contributed by atoms with Gasteiger partial charge in [0.2, 0.25) is 0 Å². The van der Waals surface area contributed by atoms with Crippen molar-refractivity contribution in [2.75, 3.05) is 33.3 Å². The zero-order valence-electron chi connectivity index (χ0n) is 20.8. The fraction of sp³-hybridized carbons (Fsp3) is 0.393. The van der Waals surface area contributed by atoms with Gasteiger partial charge >= 0.3 is 0 Å². The van der Waals surface area contributed by atoms with Crippen LogP contribution in [-0.2, 0) is 13.2 Å². The van der Waals surface area contributed by atoms with Gasteiger partial charge in [-0.2, -0.15) is 0 Å². The zero-order valence-corrected chi connectivity index (χ0v) is 21.6. The maximum Gasteiger partial charge on any atom is 0.289 e. The van der Waals surface area contributed by atoms with E-state index in [9.17, 15) is 4.79 Å². The number of furan rings is 1. The molecule has 0 bridgehead atoms. The van der Waals surface area contributed by atoms with Gasteiger partial charge in [0.1, 0.15) is 23.9 Å². The van der Waals surface area contributed by atoms with E-state index in [4.69, 9.17) is 25.5 Å². The number of piperazine rings is 1. The number of methoxy groups -OCH3 is 1. The zero-order chi connectivity index (χ0) is 24.9. The highest BCUT2D eigenvalue weighted by atomic mass is 35.5. The van der Waals surface area contributed by atoms with Crippen molar-refractivity contribution in [2.45, 2.75) is 39.8 Å². The van der Waals surface area contributed by atoms with Gasteiger partial charge < -0.3 is 18.8 Å². The Morgan fingerprint density at radius 3 is 2.57 bits per heavy atom. The summed E-state index contributed by atoms with van der Waals surface area (Å²) in [6, 6.07) is 15.6. The van der Waals surface area contributed by atoms with E-state index >= 15 is 0 Å². The van der Waals surface area contributed by atoms with Gasteiger partial charge in [-0.3, -0.25) is 9.69 Å². The minimum Gasteiger partial charge on any atom is -0.497 e. The molecule has 35 heavy (non-hydrogen) atoms. The van der Waals surface area contributed by atoms with Crippen LogP contribution in [0.2, 0.25) is 5.02 Å². The standard InChI is InChI=1S/C28H33ClN2O4/c1-19(2)24-16-25(29)20(3)14-27(24)34-18-23-8-9-26(35-23)28(32)31-12-10-30(11-13-31)17-21-6-5-7-22(15-21)33-4/h5-9,14-16,19H,10-13,17-18H2,1-4H3. The molecule has 1 aromatic heterocycles. The van der Waals surface area contributed by atoms with Crippen LogP contribution >= 0.6 is 11.6 Å². The summed E-state index contributed by atoms with van der Waals surface area (Å²) in [5.74, 6) is 2.81. The Morgan fingerprint density at radius 2 is 1.86 bits per heavy atom. The molecule has 0 radical (unpaired) electrons. The lowest BCUT2D eigenvalue weighted by atomic mass is 10.0. The van der Waals surface area contributed by atoms with E-state index in [2.05, 4.69) is 30.9 Å². The summed E-state index contributed by atoms with van der Waals surface area (Å²) in [5.41, 5.74) is 3.22. The first-order valence-electron chi connectivity index (χ1n) is 12.0. The Morgan fingerprint density at radius 1 is 1.09 bits per heavy atom. The highest BCUT2D eigenvalue weighted by Gasteiger charge is 2.24. The molecule has 1 aliphatic rings. The number of nitrogens with zero attached hydrogens (tertiary/aromatic N) is 2. The molecule has 0 N–H and O–H groups in total. The number of amides is 1. The molecular formula is C28H33ClN2O4. The third-order valence-corrected chi connectivity index (χ3v) is 6.76. The first kappa shape index (κ1) is 25.1. The molecule has 1 aliphatic heterocycles. The molecule has 0 unspecified atom stereocenters. The summed E-state index contributed by atoms with van der Waals surface area (Å²) >= 11 is 6.30. The Bertz CT molecular complexity index is 1170. The van der Waals surface area contributed by atoms with E-state index in [0.717, 1.165) is 47.3 Å². The number of hydrogen-bond acceptors (Lipinski definition) is 5. The van der Waals surface area contributed by atoms with E-state index in [-0.39, 0.29) is 18.4 Å². The maximum atomic E-state index is 13.0. The van der Waals surface area contributed by atoms with Gasteiger partial charge in [-0.1, -0.05) is 37.6 Å². The highest BCUT2D eigenvalue weighted by molar-refractivity contribution is 6.31. The smallest absolute Gasteiger partial charge is 0.289 e. The van der Waals surface area contributed by atoms with E-state index in [1.807, 2.05) is 42.2 Å². The average molecular weight is 497 g/mol. The SMILES string of the molecule is COc1cccc(CN2CCN(C(=O)c3ccc(COc4cc(C)c(Cl)cc4C(C)C)o3)CC2)c1. The Hall–Kier alpha value is -2.96. The van der Waals surface area contributed by atoms with E-state index in [1.54, 1.807) is 13.2 Å². The predicted octanol–water partition coefficient (Wildman–Crippen LogP) is 5.91. The molecule has 186 valence electrons. The lowest BCUT2D eigenvalue weighted by Gasteiger charge is -2.34. The third-order valence-electron chi connectivity index (χ3n) is 6.36. The second-order valence-electron chi connectivity index (χ2n) is 9.27. The molecular weight excluding hydrogens is 464 g/mol. The summed E-state index contributed by atoms with van der Waals surface area (Å²) < 4.78 is 17.2. The minimum absolute atomic E-state index is 0.0810. The van der Waals surface area contributed by atoms with Gasteiger partial charge in [-0.25, -0.2) is 0 Å². The van der Waals surface area contributed by atoms with Crippen LogP contribution < -0.4 is 9.47 Å². The maximum absolute atomic E-state index is 13.0. The molecule has 3 aromatic rings. The van der Waals surface area contributed by atoms with Gasteiger partial charge in [0.15, 0.2) is 5.76 Å². The van der Waals surface area contributed by atoms with Crippen LogP contribution in [-0.4, -0.2) is 49.0 Å².